The van der Waals surface area contributed by atoms with Gasteiger partial charge in [-0.1, -0.05) is 6.42 Å². The molecule has 0 unspecified atom stereocenters. The molecule has 1 heterocycles. The minimum atomic E-state index is 0.138. The van der Waals surface area contributed by atoms with Crippen molar-refractivity contribution in [1.29, 1.82) is 0 Å². The highest BCUT2D eigenvalue weighted by molar-refractivity contribution is 5.09. The maximum absolute atomic E-state index is 11.8. The van der Waals surface area contributed by atoms with E-state index in [4.69, 9.17) is 0 Å². The number of hydrogen-bond donors (Lipinski definition) is 0. The molecule has 3 heteroatoms. The van der Waals surface area contributed by atoms with Crippen LogP contribution in [0.25, 0.3) is 0 Å². The molecule has 80 valence electrons. The van der Waals surface area contributed by atoms with Crippen molar-refractivity contribution >= 4 is 0 Å². The molecule has 0 aliphatic heterocycles. The summed E-state index contributed by atoms with van der Waals surface area (Å²) in [4.78, 5) is 16.2. The standard InChI is InChI=1S/C12H16N2O/c15-12-6-11(10-2-1-3-10)13-8-14(12)7-9-4-5-9/h6,8-10H,1-5,7H2. The van der Waals surface area contributed by atoms with E-state index in [0.717, 1.165) is 18.2 Å². The molecule has 0 N–H and O–H groups in total. The van der Waals surface area contributed by atoms with Crippen LogP contribution in [-0.2, 0) is 6.54 Å². The molecule has 2 fully saturated rings. The Morgan fingerprint density at radius 3 is 2.67 bits per heavy atom. The fraction of sp³-hybridized carbons (Fsp3) is 0.667. The van der Waals surface area contributed by atoms with Gasteiger partial charge in [0, 0.05) is 18.5 Å². The third-order valence-electron chi connectivity index (χ3n) is 3.58. The molecule has 1 aromatic rings. The van der Waals surface area contributed by atoms with Gasteiger partial charge >= 0.3 is 0 Å². The van der Waals surface area contributed by atoms with E-state index in [-0.39, 0.29) is 5.56 Å². The summed E-state index contributed by atoms with van der Waals surface area (Å²) in [5.41, 5.74) is 1.15. The van der Waals surface area contributed by atoms with Crippen LogP contribution in [0.3, 0.4) is 0 Å². The van der Waals surface area contributed by atoms with Crippen LogP contribution in [0.15, 0.2) is 17.2 Å². The number of hydrogen-bond acceptors (Lipinski definition) is 2. The average Bonchev–Trinajstić information content (AvgIpc) is 2.90. The van der Waals surface area contributed by atoms with E-state index < -0.39 is 0 Å². The average molecular weight is 204 g/mol. The van der Waals surface area contributed by atoms with Crippen LogP contribution in [0.4, 0.5) is 0 Å². The summed E-state index contributed by atoms with van der Waals surface area (Å²) in [6.45, 7) is 0.872. The fourth-order valence-corrected chi connectivity index (χ4v) is 2.08. The van der Waals surface area contributed by atoms with E-state index in [1.54, 1.807) is 17.0 Å². The van der Waals surface area contributed by atoms with Crippen molar-refractivity contribution in [2.24, 2.45) is 5.92 Å². The third-order valence-corrected chi connectivity index (χ3v) is 3.58. The molecule has 1 aromatic heterocycles. The summed E-state index contributed by atoms with van der Waals surface area (Å²) in [5, 5.41) is 0. The lowest BCUT2D eigenvalue weighted by Crippen LogP contribution is -2.23. The van der Waals surface area contributed by atoms with Gasteiger partial charge in [0.1, 0.15) is 0 Å². The van der Waals surface area contributed by atoms with Gasteiger partial charge in [-0.05, 0) is 31.6 Å². The minimum Gasteiger partial charge on any atom is -0.299 e. The molecular weight excluding hydrogens is 188 g/mol. The minimum absolute atomic E-state index is 0.138. The Balaban J connectivity index is 1.81. The Hall–Kier alpha value is -1.12. The van der Waals surface area contributed by atoms with E-state index in [1.807, 2.05) is 0 Å². The highest BCUT2D eigenvalue weighted by Crippen LogP contribution is 2.34. The third kappa shape index (κ3) is 1.83. The Bertz CT molecular complexity index is 416. The second kappa shape index (κ2) is 3.47. The number of rotatable bonds is 3. The van der Waals surface area contributed by atoms with E-state index in [2.05, 4.69) is 4.98 Å². The smallest absolute Gasteiger partial charge is 0.253 e. The van der Waals surface area contributed by atoms with Crippen molar-refractivity contribution in [3.63, 3.8) is 0 Å². The molecule has 0 amide bonds. The highest BCUT2D eigenvalue weighted by Gasteiger charge is 2.24. The summed E-state index contributed by atoms with van der Waals surface area (Å²) < 4.78 is 1.76. The molecular formula is C12H16N2O. The van der Waals surface area contributed by atoms with Gasteiger partial charge in [0.05, 0.1) is 12.0 Å². The van der Waals surface area contributed by atoms with Gasteiger partial charge in [-0.25, -0.2) is 4.98 Å². The SMILES string of the molecule is O=c1cc(C2CCC2)ncn1CC1CC1. The van der Waals surface area contributed by atoms with E-state index in [0.29, 0.717) is 5.92 Å². The van der Waals surface area contributed by atoms with Gasteiger partial charge in [0.25, 0.3) is 5.56 Å². The molecule has 0 atom stereocenters. The maximum atomic E-state index is 11.8. The number of nitrogens with zero attached hydrogens (tertiary/aromatic N) is 2. The van der Waals surface area contributed by atoms with Gasteiger partial charge in [-0.15, -0.1) is 0 Å². The molecule has 2 aliphatic carbocycles. The quantitative estimate of drug-likeness (QED) is 0.754. The monoisotopic (exact) mass is 204 g/mol. The molecule has 2 saturated carbocycles. The van der Waals surface area contributed by atoms with Crippen molar-refractivity contribution in [3.05, 3.63) is 28.4 Å². The summed E-state index contributed by atoms with van der Waals surface area (Å²) in [6.07, 6.45) is 8.00. The largest absolute Gasteiger partial charge is 0.299 e. The molecule has 0 bridgehead atoms. The first kappa shape index (κ1) is 9.13. The van der Waals surface area contributed by atoms with Gasteiger partial charge in [0.15, 0.2) is 0 Å². The molecule has 0 spiro atoms. The van der Waals surface area contributed by atoms with Gasteiger partial charge in [-0.2, -0.15) is 0 Å². The van der Waals surface area contributed by atoms with Crippen molar-refractivity contribution < 1.29 is 0 Å². The van der Waals surface area contributed by atoms with E-state index in [1.165, 1.54) is 32.1 Å². The zero-order chi connectivity index (χ0) is 10.3. The predicted octanol–water partition coefficient (Wildman–Crippen LogP) is 1.92. The van der Waals surface area contributed by atoms with Crippen LogP contribution in [0, 0.1) is 5.92 Å². The van der Waals surface area contributed by atoms with E-state index in [9.17, 15) is 4.79 Å². The Kier molecular flexibility index (Phi) is 2.11. The molecule has 0 radical (unpaired) electrons. The lowest BCUT2D eigenvalue weighted by atomic mass is 9.83. The van der Waals surface area contributed by atoms with Gasteiger partial charge < -0.3 is 0 Å². The molecule has 0 aromatic carbocycles. The number of aromatic nitrogens is 2. The zero-order valence-electron chi connectivity index (χ0n) is 8.85. The van der Waals surface area contributed by atoms with Gasteiger partial charge in [0.2, 0.25) is 0 Å². The summed E-state index contributed by atoms with van der Waals surface area (Å²) in [6, 6.07) is 1.74. The molecule has 3 nitrogen and oxygen atoms in total. The topological polar surface area (TPSA) is 34.9 Å². The zero-order valence-corrected chi connectivity index (χ0v) is 8.85. The maximum Gasteiger partial charge on any atom is 0.253 e. The van der Waals surface area contributed by atoms with Crippen LogP contribution >= 0.6 is 0 Å². The van der Waals surface area contributed by atoms with Crippen molar-refractivity contribution in [2.45, 2.75) is 44.6 Å². The molecule has 2 aliphatic rings. The molecule has 3 rings (SSSR count). The second-order valence-corrected chi connectivity index (χ2v) is 4.88. The Labute approximate surface area is 89.2 Å². The summed E-state index contributed by atoms with van der Waals surface area (Å²) >= 11 is 0. The van der Waals surface area contributed by atoms with Crippen LogP contribution in [0.1, 0.15) is 43.7 Å². The van der Waals surface area contributed by atoms with Crippen LogP contribution in [-0.4, -0.2) is 9.55 Å². The first-order chi connectivity index (χ1) is 7.33. The van der Waals surface area contributed by atoms with Gasteiger partial charge in [-0.3, -0.25) is 9.36 Å². The molecule has 15 heavy (non-hydrogen) atoms. The first-order valence-electron chi connectivity index (χ1n) is 5.89. The predicted molar refractivity (Wildman–Crippen MR) is 57.8 cm³/mol. The lowest BCUT2D eigenvalue weighted by Gasteiger charge is -2.24. The summed E-state index contributed by atoms with van der Waals surface area (Å²) in [5.74, 6) is 1.30. The van der Waals surface area contributed by atoms with E-state index >= 15 is 0 Å². The normalized spacial score (nSPS) is 21.3. The highest BCUT2D eigenvalue weighted by atomic mass is 16.1. The van der Waals surface area contributed by atoms with Crippen LogP contribution < -0.4 is 5.56 Å². The lowest BCUT2D eigenvalue weighted by molar-refractivity contribution is 0.408. The first-order valence-corrected chi connectivity index (χ1v) is 5.89. The second-order valence-electron chi connectivity index (χ2n) is 4.88. The summed E-state index contributed by atoms with van der Waals surface area (Å²) in [7, 11) is 0. The molecule has 0 saturated heterocycles. The van der Waals surface area contributed by atoms with Crippen LogP contribution in [0.2, 0.25) is 0 Å². The Morgan fingerprint density at radius 2 is 2.13 bits per heavy atom. The van der Waals surface area contributed by atoms with Crippen molar-refractivity contribution in [1.82, 2.24) is 9.55 Å². The fourth-order valence-electron chi connectivity index (χ4n) is 2.08. The van der Waals surface area contributed by atoms with Crippen molar-refractivity contribution in [2.75, 3.05) is 0 Å². The Morgan fingerprint density at radius 1 is 1.33 bits per heavy atom. The van der Waals surface area contributed by atoms with Crippen molar-refractivity contribution in [3.8, 4) is 0 Å². The van der Waals surface area contributed by atoms with Crippen LogP contribution in [0.5, 0.6) is 0 Å².